The maximum absolute atomic E-state index is 10.9. The molecule has 1 aliphatic rings. The van der Waals surface area contributed by atoms with Gasteiger partial charge in [0.25, 0.3) is 5.69 Å². The maximum atomic E-state index is 10.9. The summed E-state index contributed by atoms with van der Waals surface area (Å²) < 4.78 is 0. The van der Waals surface area contributed by atoms with Crippen LogP contribution < -0.4 is 5.32 Å². The van der Waals surface area contributed by atoms with Gasteiger partial charge in [-0.15, -0.1) is 0 Å². The summed E-state index contributed by atoms with van der Waals surface area (Å²) in [6.45, 7) is 7.74. The number of hydrogen-bond acceptors (Lipinski definition) is 4. The molecule has 1 fully saturated rings. The lowest BCUT2D eigenvalue weighted by Crippen LogP contribution is -2.48. The first-order valence-corrected chi connectivity index (χ1v) is 6.26. The molecule has 18 heavy (non-hydrogen) atoms. The van der Waals surface area contributed by atoms with E-state index in [1.807, 2.05) is 13.0 Å². The largest absolute Gasteiger partial charge is 0.312 e. The Morgan fingerprint density at radius 2 is 2.33 bits per heavy atom. The second kappa shape index (κ2) is 5.46. The number of hydrogen-bond donors (Lipinski definition) is 1. The summed E-state index contributed by atoms with van der Waals surface area (Å²) in [5, 5.41) is 14.3. The molecule has 1 heterocycles. The van der Waals surface area contributed by atoms with Crippen molar-refractivity contribution in [3.63, 3.8) is 0 Å². The summed E-state index contributed by atoms with van der Waals surface area (Å²) in [6.07, 6.45) is 0. The molecule has 0 aliphatic carbocycles. The Kier molecular flexibility index (Phi) is 3.93. The highest BCUT2D eigenvalue weighted by Crippen LogP contribution is 2.22. The third kappa shape index (κ3) is 2.86. The fourth-order valence-electron chi connectivity index (χ4n) is 2.44. The van der Waals surface area contributed by atoms with Crippen LogP contribution in [0.15, 0.2) is 18.2 Å². The van der Waals surface area contributed by atoms with Gasteiger partial charge in [-0.05, 0) is 19.4 Å². The van der Waals surface area contributed by atoms with Crippen molar-refractivity contribution < 1.29 is 4.92 Å². The number of nitrogens with one attached hydrogen (secondary N) is 1. The zero-order chi connectivity index (χ0) is 13.1. The van der Waals surface area contributed by atoms with Gasteiger partial charge in [0.05, 0.1) is 4.92 Å². The van der Waals surface area contributed by atoms with E-state index in [1.165, 1.54) is 0 Å². The molecule has 0 bridgehead atoms. The number of nitrogens with zero attached hydrogens (tertiary/aromatic N) is 2. The molecule has 5 heteroatoms. The average molecular weight is 249 g/mol. The lowest BCUT2D eigenvalue weighted by Gasteiger charge is -2.32. The van der Waals surface area contributed by atoms with Crippen LogP contribution in [-0.4, -0.2) is 35.5 Å². The zero-order valence-corrected chi connectivity index (χ0v) is 10.8. The molecule has 5 nitrogen and oxygen atoms in total. The first-order chi connectivity index (χ1) is 8.58. The predicted octanol–water partition coefficient (Wildman–Crippen LogP) is 1.70. The summed E-state index contributed by atoms with van der Waals surface area (Å²) in [4.78, 5) is 12.9. The molecule has 0 amide bonds. The molecule has 0 spiro atoms. The van der Waals surface area contributed by atoms with E-state index in [1.54, 1.807) is 12.1 Å². The van der Waals surface area contributed by atoms with E-state index in [2.05, 4.69) is 17.1 Å². The Morgan fingerprint density at radius 3 is 3.00 bits per heavy atom. The maximum Gasteiger partial charge on any atom is 0.272 e. The van der Waals surface area contributed by atoms with E-state index in [9.17, 15) is 10.1 Å². The van der Waals surface area contributed by atoms with Gasteiger partial charge >= 0.3 is 0 Å². The minimum absolute atomic E-state index is 0.218. The Morgan fingerprint density at radius 1 is 1.56 bits per heavy atom. The standard InChI is InChI=1S/C13H19N3O2/c1-10-8-15(7-6-14-10)9-12-4-3-5-13(11(12)2)16(17)18/h3-5,10,14H,6-9H2,1-2H3. The molecule has 1 saturated heterocycles. The highest BCUT2D eigenvalue weighted by atomic mass is 16.6. The topological polar surface area (TPSA) is 58.4 Å². The van der Waals surface area contributed by atoms with Gasteiger partial charge in [-0.25, -0.2) is 0 Å². The molecule has 1 aromatic rings. The van der Waals surface area contributed by atoms with Crippen LogP contribution in [0.3, 0.4) is 0 Å². The highest BCUT2D eigenvalue weighted by Gasteiger charge is 2.18. The number of nitro benzene ring substituents is 1. The lowest BCUT2D eigenvalue weighted by molar-refractivity contribution is -0.385. The normalized spacial score (nSPS) is 20.9. The van der Waals surface area contributed by atoms with Gasteiger partial charge < -0.3 is 5.32 Å². The molecule has 1 aliphatic heterocycles. The molecule has 1 atom stereocenters. The first kappa shape index (κ1) is 13.0. The van der Waals surface area contributed by atoms with Crippen molar-refractivity contribution in [1.29, 1.82) is 0 Å². The molecule has 0 radical (unpaired) electrons. The van der Waals surface area contributed by atoms with Crippen LogP contribution in [0.5, 0.6) is 0 Å². The van der Waals surface area contributed by atoms with Crippen molar-refractivity contribution in [2.75, 3.05) is 19.6 Å². The minimum atomic E-state index is -0.306. The fraction of sp³-hybridized carbons (Fsp3) is 0.538. The van der Waals surface area contributed by atoms with Gasteiger partial charge in [0, 0.05) is 43.9 Å². The molecular formula is C13H19N3O2. The van der Waals surface area contributed by atoms with Crippen LogP contribution >= 0.6 is 0 Å². The van der Waals surface area contributed by atoms with Crippen molar-refractivity contribution in [3.05, 3.63) is 39.4 Å². The first-order valence-electron chi connectivity index (χ1n) is 6.26. The number of nitro groups is 1. The second-order valence-corrected chi connectivity index (χ2v) is 4.91. The van der Waals surface area contributed by atoms with Crippen LogP contribution in [0, 0.1) is 17.0 Å². The van der Waals surface area contributed by atoms with Gasteiger partial charge in [0.2, 0.25) is 0 Å². The molecule has 0 saturated carbocycles. The van der Waals surface area contributed by atoms with E-state index in [0.717, 1.165) is 37.3 Å². The predicted molar refractivity (Wildman–Crippen MR) is 70.6 cm³/mol. The Hall–Kier alpha value is -1.46. The van der Waals surface area contributed by atoms with E-state index >= 15 is 0 Å². The van der Waals surface area contributed by atoms with Crippen LogP contribution in [0.2, 0.25) is 0 Å². The summed E-state index contributed by atoms with van der Waals surface area (Å²) in [5.74, 6) is 0. The van der Waals surface area contributed by atoms with Crippen LogP contribution in [-0.2, 0) is 6.54 Å². The third-order valence-electron chi connectivity index (χ3n) is 3.46. The summed E-state index contributed by atoms with van der Waals surface area (Å²) in [5.41, 5.74) is 2.06. The number of piperazine rings is 1. The zero-order valence-electron chi connectivity index (χ0n) is 10.8. The average Bonchev–Trinajstić information content (AvgIpc) is 2.31. The molecular weight excluding hydrogens is 230 g/mol. The molecule has 0 aromatic heterocycles. The van der Waals surface area contributed by atoms with Gasteiger partial charge in [-0.2, -0.15) is 0 Å². The van der Waals surface area contributed by atoms with Crippen LogP contribution in [0.4, 0.5) is 5.69 Å². The van der Waals surface area contributed by atoms with E-state index < -0.39 is 0 Å². The Balaban J connectivity index is 2.14. The van der Waals surface area contributed by atoms with Gasteiger partial charge in [0.1, 0.15) is 0 Å². The summed E-state index contributed by atoms with van der Waals surface area (Å²) >= 11 is 0. The third-order valence-corrected chi connectivity index (χ3v) is 3.46. The Labute approximate surface area is 107 Å². The van der Waals surface area contributed by atoms with Crippen molar-refractivity contribution in [1.82, 2.24) is 10.2 Å². The summed E-state index contributed by atoms with van der Waals surface area (Å²) in [6, 6.07) is 5.80. The monoisotopic (exact) mass is 249 g/mol. The summed E-state index contributed by atoms with van der Waals surface area (Å²) in [7, 11) is 0. The SMILES string of the molecule is Cc1c(CN2CCNC(C)C2)cccc1[N+](=O)[O-]. The smallest absolute Gasteiger partial charge is 0.272 e. The van der Waals surface area contributed by atoms with Crippen LogP contribution in [0.1, 0.15) is 18.1 Å². The van der Waals surface area contributed by atoms with E-state index in [0.29, 0.717) is 6.04 Å². The Bertz CT molecular complexity index is 448. The van der Waals surface area contributed by atoms with Crippen molar-refractivity contribution in [2.24, 2.45) is 0 Å². The van der Waals surface area contributed by atoms with Crippen molar-refractivity contribution in [2.45, 2.75) is 26.4 Å². The highest BCUT2D eigenvalue weighted by molar-refractivity contribution is 5.44. The van der Waals surface area contributed by atoms with E-state index in [-0.39, 0.29) is 10.6 Å². The van der Waals surface area contributed by atoms with Crippen molar-refractivity contribution in [3.8, 4) is 0 Å². The second-order valence-electron chi connectivity index (χ2n) is 4.91. The van der Waals surface area contributed by atoms with Gasteiger partial charge in [-0.1, -0.05) is 12.1 Å². The van der Waals surface area contributed by atoms with Gasteiger partial charge in [-0.3, -0.25) is 15.0 Å². The number of benzene rings is 1. The fourth-order valence-corrected chi connectivity index (χ4v) is 2.44. The molecule has 1 N–H and O–H groups in total. The molecule has 1 unspecified atom stereocenters. The molecule has 98 valence electrons. The van der Waals surface area contributed by atoms with E-state index in [4.69, 9.17) is 0 Å². The van der Waals surface area contributed by atoms with Crippen molar-refractivity contribution >= 4 is 5.69 Å². The lowest BCUT2D eigenvalue weighted by atomic mass is 10.1. The molecule has 1 aromatic carbocycles. The number of rotatable bonds is 3. The quantitative estimate of drug-likeness (QED) is 0.654. The van der Waals surface area contributed by atoms with Gasteiger partial charge in [0.15, 0.2) is 0 Å². The van der Waals surface area contributed by atoms with Crippen LogP contribution in [0.25, 0.3) is 0 Å². The minimum Gasteiger partial charge on any atom is -0.312 e. The molecule has 2 rings (SSSR count).